The van der Waals surface area contributed by atoms with Crippen LogP contribution in [-0.4, -0.2) is 24.6 Å². The molecule has 1 unspecified atom stereocenters. The summed E-state index contributed by atoms with van der Waals surface area (Å²) >= 11 is 5.85. The van der Waals surface area contributed by atoms with Crippen LogP contribution in [0.4, 0.5) is 0 Å². The van der Waals surface area contributed by atoms with Crippen molar-refractivity contribution in [3.63, 3.8) is 0 Å². The molecule has 0 amide bonds. The summed E-state index contributed by atoms with van der Waals surface area (Å²) in [7, 11) is 0. The summed E-state index contributed by atoms with van der Waals surface area (Å²) in [5.41, 5.74) is 1.18. The van der Waals surface area contributed by atoms with Crippen molar-refractivity contribution in [1.82, 2.24) is 5.32 Å². The molecule has 0 aliphatic rings. The highest BCUT2D eigenvalue weighted by molar-refractivity contribution is 6.18. The lowest BCUT2D eigenvalue weighted by atomic mass is 10.2. The SMILES string of the molecule is CC(C)NCC(CCl)OCc1ccccc1. The number of benzene rings is 1. The van der Waals surface area contributed by atoms with Gasteiger partial charge in [-0.25, -0.2) is 0 Å². The first-order valence-corrected chi connectivity index (χ1v) is 6.20. The van der Waals surface area contributed by atoms with Gasteiger partial charge in [0.15, 0.2) is 0 Å². The summed E-state index contributed by atoms with van der Waals surface area (Å²) < 4.78 is 5.73. The molecular weight excluding hydrogens is 222 g/mol. The molecule has 1 N–H and O–H groups in total. The molecule has 1 rings (SSSR count). The number of rotatable bonds is 7. The quantitative estimate of drug-likeness (QED) is 0.742. The van der Waals surface area contributed by atoms with E-state index in [1.165, 1.54) is 5.56 Å². The minimum Gasteiger partial charge on any atom is -0.371 e. The Morgan fingerprint density at radius 3 is 2.50 bits per heavy atom. The lowest BCUT2D eigenvalue weighted by molar-refractivity contribution is 0.0542. The predicted molar refractivity (Wildman–Crippen MR) is 68.9 cm³/mol. The molecule has 0 heterocycles. The van der Waals surface area contributed by atoms with Crippen molar-refractivity contribution < 1.29 is 4.74 Å². The zero-order chi connectivity index (χ0) is 11.8. The Morgan fingerprint density at radius 1 is 1.25 bits per heavy atom. The van der Waals surface area contributed by atoms with Crippen LogP contribution in [0.15, 0.2) is 30.3 Å². The van der Waals surface area contributed by atoms with Crippen LogP contribution in [-0.2, 0) is 11.3 Å². The van der Waals surface area contributed by atoms with Gasteiger partial charge in [0.2, 0.25) is 0 Å². The molecule has 16 heavy (non-hydrogen) atoms. The number of hydrogen-bond donors (Lipinski definition) is 1. The molecule has 0 aromatic heterocycles. The third-order valence-electron chi connectivity index (χ3n) is 2.25. The van der Waals surface area contributed by atoms with Crippen molar-refractivity contribution in [3.8, 4) is 0 Å². The van der Waals surface area contributed by atoms with Crippen molar-refractivity contribution in [2.45, 2.75) is 32.6 Å². The second-order valence-corrected chi connectivity index (χ2v) is 4.44. The number of nitrogens with one attached hydrogen (secondary N) is 1. The van der Waals surface area contributed by atoms with E-state index in [1.54, 1.807) is 0 Å². The van der Waals surface area contributed by atoms with Crippen LogP contribution in [0, 0.1) is 0 Å². The fourth-order valence-corrected chi connectivity index (χ4v) is 1.51. The molecular formula is C13H20ClNO. The highest BCUT2D eigenvalue weighted by atomic mass is 35.5. The summed E-state index contributed by atoms with van der Waals surface area (Å²) in [6.45, 7) is 5.65. The maximum atomic E-state index is 5.85. The van der Waals surface area contributed by atoms with Gasteiger partial charge in [0.25, 0.3) is 0 Å². The topological polar surface area (TPSA) is 21.3 Å². The van der Waals surface area contributed by atoms with Crippen LogP contribution in [0.25, 0.3) is 0 Å². The van der Waals surface area contributed by atoms with E-state index in [0.717, 1.165) is 6.54 Å². The first-order valence-electron chi connectivity index (χ1n) is 5.67. The fraction of sp³-hybridized carbons (Fsp3) is 0.538. The minimum absolute atomic E-state index is 0.0734. The van der Waals surface area contributed by atoms with Gasteiger partial charge in [-0.15, -0.1) is 11.6 Å². The summed E-state index contributed by atoms with van der Waals surface area (Å²) in [6, 6.07) is 10.6. The standard InChI is InChI=1S/C13H20ClNO/c1-11(2)15-9-13(8-14)16-10-12-6-4-3-5-7-12/h3-7,11,13,15H,8-10H2,1-2H3. The summed E-state index contributed by atoms with van der Waals surface area (Å²) in [6.07, 6.45) is 0.0734. The molecule has 0 saturated heterocycles. The van der Waals surface area contributed by atoms with Gasteiger partial charge in [-0.1, -0.05) is 44.2 Å². The lowest BCUT2D eigenvalue weighted by Crippen LogP contribution is -2.34. The van der Waals surface area contributed by atoms with Gasteiger partial charge >= 0.3 is 0 Å². The first kappa shape index (κ1) is 13.5. The molecule has 0 radical (unpaired) electrons. The van der Waals surface area contributed by atoms with E-state index < -0.39 is 0 Å². The van der Waals surface area contributed by atoms with E-state index in [-0.39, 0.29) is 6.10 Å². The Hall–Kier alpha value is -0.570. The van der Waals surface area contributed by atoms with Gasteiger partial charge in [0.05, 0.1) is 12.7 Å². The lowest BCUT2D eigenvalue weighted by Gasteiger charge is -2.17. The van der Waals surface area contributed by atoms with Crippen molar-refractivity contribution in [2.24, 2.45) is 0 Å². The van der Waals surface area contributed by atoms with Gasteiger partial charge in [0.1, 0.15) is 0 Å². The Balaban J connectivity index is 2.28. The van der Waals surface area contributed by atoms with Crippen molar-refractivity contribution in [2.75, 3.05) is 12.4 Å². The normalized spacial score (nSPS) is 13.0. The van der Waals surface area contributed by atoms with Gasteiger partial charge in [-0.2, -0.15) is 0 Å². The maximum absolute atomic E-state index is 5.85. The molecule has 3 heteroatoms. The third kappa shape index (κ3) is 5.50. The molecule has 1 aromatic carbocycles. The Morgan fingerprint density at radius 2 is 1.94 bits per heavy atom. The van der Waals surface area contributed by atoms with Crippen molar-refractivity contribution >= 4 is 11.6 Å². The monoisotopic (exact) mass is 241 g/mol. The summed E-state index contributed by atoms with van der Waals surface area (Å²) in [5.74, 6) is 0.520. The summed E-state index contributed by atoms with van der Waals surface area (Å²) in [4.78, 5) is 0. The zero-order valence-corrected chi connectivity index (χ0v) is 10.7. The minimum atomic E-state index is 0.0734. The molecule has 1 atom stereocenters. The molecule has 0 spiro atoms. The molecule has 0 fully saturated rings. The first-order chi connectivity index (χ1) is 7.72. The molecule has 0 aliphatic carbocycles. The number of alkyl halides is 1. The average Bonchev–Trinajstić information content (AvgIpc) is 2.30. The molecule has 1 aromatic rings. The highest BCUT2D eigenvalue weighted by Gasteiger charge is 2.08. The van der Waals surface area contributed by atoms with E-state index in [9.17, 15) is 0 Å². The van der Waals surface area contributed by atoms with Crippen LogP contribution in [0.5, 0.6) is 0 Å². The smallest absolute Gasteiger partial charge is 0.0839 e. The second-order valence-electron chi connectivity index (χ2n) is 4.14. The number of ether oxygens (including phenoxy) is 1. The average molecular weight is 242 g/mol. The van der Waals surface area contributed by atoms with Crippen LogP contribution in [0.2, 0.25) is 0 Å². The van der Waals surface area contributed by atoms with Crippen LogP contribution < -0.4 is 5.32 Å². The third-order valence-corrected chi connectivity index (χ3v) is 2.60. The van der Waals surface area contributed by atoms with E-state index in [4.69, 9.17) is 16.3 Å². The molecule has 0 bridgehead atoms. The molecule has 2 nitrogen and oxygen atoms in total. The summed E-state index contributed by atoms with van der Waals surface area (Å²) in [5, 5.41) is 3.32. The number of hydrogen-bond acceptors (Lipinski definition) is 2. The Kier molecular flexibility index (Phi) is 6.46. The van der Waals surface area contributed by atoms with E-state index in [2.05, 4.69) is 31.3 Å². The van der Waals surface area contributed by atoms with Crippen LogP contribution in [0.1, 0.15) is 19.4 Å². The van der Waals surface area contributed by atoms with Gasteiger partial charge in [0, 0.05) is 18.5 Å². The predicted octanol–water partition coefficient (Wildman–Crippen LogP) is 2.81. The molecule has 0 saturated carbocycles. The number of halogens is 1. The maximum Gasteiger partial charge on any atom is 0.0839 e. The van der Waals surface area contributed by atoms with E-state index in [1.807, 2.05) is 18.2 Å². The van der Waals surface area contributed by atoms with Gasteiger partial charge < -0.3 is 10.1 Å². The van der Waals surface area contributed by atoms with E-state index in [0.29, 0.717) is 18.5 Å². The van der Waals surface area contributed by atoms with Crippen LogP contribution >= 0.6 is 11.6 Å². The zero-order valence-electron chi connectivity index (χ0n) is 9.95. The Bertz CT molecular complexity index is 277. The van der Waals surface area contributed by atoms with Crippen molar-refractivity contribution in [3.05, 3.63) is 35.9 Å². The second kappa shape index (κ2) is 7.66. The Labute approximate surface area is 103 Å². The fourth-order valence-electron chi connectivity index (χ4n) is 1.31. The van der Waals surface area contributed by atoms with Crippen LogP contribution in [0.3, 0.4) is 0 Å². The molecule has 0 aliphatic heterocycles. The van der Waals surface area contributed by atoms with Gasteiger partial charge in [-0.05, 0) is 5.56 Å². The molecule has 90 valence electrons. The highest BCUT2D eigenvalue weighted by Crippen LogP contribution is 2.04. The largest absolute Gasteiger partial charge is 0.371 e. The van der Waals surface area contributed by atoms with Gasteiger partial charge in [-0.3, -0.25) is 0 Å². The van der Waals surface area contributed by atoms with Crippen molar-refractivity contribution in [1.29, 1.82) is 0 Å². The van der Waals surface area contributed by atoms with E-state index >= 15 is 0 Å².